The summed E-state index contributed by atoms with van der Waals surface area (Å²) in [5, 5.41) is 6.41. The van der Waals surface area contributed by atoms with E-state index in [4.69, 9.17) is 4.52 Å². The predicted octanol–water partition coefficient (Wildman–Crippen LogP) is 1.57. The standard InChI is InChI=1S/C13H19N3O3/c1-8(2)13(18)16-6-4-5-10(16)12(17)14-11-7-9(3)19-15-11/h7-8,10H,4-6H2,1-3H3,(H,14,15,17)/t10-/m0/s1. The highest BCUT2D eigenvalue weighted by atomic mass is 16.5. The summed E-state index contributed by atoms with van der Waals surface area (Å²) >= 11 is 0. The lowest BCUT2D eigenvalue weighted by molar-refractivity contribution is -0.139. The Bertz CT molecular complexity index is 481. The molecule has 6 nitrogen and oxygen atoms in total. The smallest absolute Gasteiger partial charge is 0.248 e. The molecule has 0 spiro atoms. The van der Waals surface area contributed by atoms with Crippen LogP contribution in [0.25, 0.3) is 0 Å². The highest BCUT2D eigenvalue weighted by molar-refractivity contribution is 5.97. The van der Waals surface area contributed by atoms with Crippen molar-refractivity contribution in [1.29, 1.82) is 0 Å². The summed E-state index contributed by atoms with van der Waals surface area (Å²) in [6, 6.07) is 1.26. The van der Waals surface area contributed by atoms with Crippen LogP contribution in [-0.2, 0) is 9.59 Å². The van der Waals surface area contributed by atoms with Gasteiger partial charge < -0.3 is 14.7 Å². The van der Waals surface area contributed by atoms with E-state index in [2.05, 4.69) is 10.5 Å². The molecule has 2 heterocycles. The van der Waals surface area contributed by atoms with Gasteiger partial charge in [0.05, 0.1) is 0 Å². The second-order valence-electron chi connectivity index (χ2n) is 5.16. The first-order valence-corrected chi connectivity index (χ1v) is 6.53. The molecule has 1 saturated heterocycles. The van der Waals surface area contributed by atoms with Gasteiger partial charge in [-0.2, -0.15) is 0 Å². The molecule has 0 bridgehead atoms. The predicted molar refractivity (Wildman–Crippen MR) is 69.4 cm³/mol. The molecule has 1 aliphatic heterocycles. The van der Waals surface area contributed by atoms with Crippen LogP contribution in [0.2, 0.25) is 0 Å². The fraction of sp³-hybridized carbons (Fsp3) is 0.615. The monoisotopic (exact) mass is 265 g/mol. The van der Waals surface area contributed by atoms with Crippen LogP contribution in [-0.4, -0.2) is 34.5 Å². The lowest BCUT2D eigenvalue weighted by Gasteiger charge is -2.25. The van der Waals surface area contributed by atoms with E-state index in [1.165, 1.54) is 0 Å². The topological polar surface area (TPSA) is 75.4 Å². The van der Waals surface area contributed by atoms with Crippen LogP contribution in [0.5, 0.6) is 0 Å². The van der Waals surface area contributed by atoms with Gasteiger partial charge in [-0.05, 0) is 19.8 Å². The maximum absolute atomic E-state index is 12.2. The van der Waals surface area contributed by atoms with Crippen LogP contribution in [0.1, 0.15) is 32.4 Å². The SMILES string of the molecule is Cc1cc(NC(=O)[C@@H]2CCCN2C(=O)C(C)C)no1. The molecule has 0 radical (unpaired) electrons. The summed E-state index contributed by atoms with van der Waals surface area (Å²) in [6.07, 6.45) is 1.55. The number of anilines is 1. The Morgan fingerprint density at radius 1 is 1.53 bits per heavy atom. The van der Waals surface area contributed by atoms with Gasteiger partial charge in [0.25, 0.3) is 0 Å². The number of aryl methyl sites for hydroxylation is 1. The molecule has 1 aromatic heterocycles. The van der Waals surface area contributed by atoms with Crippen molar-refractivity contribution in [2.24, 2.45) is 5.92 Å². The van der Waals surface area contributed by atoms with Gasteiger partial charge in [-0.1, -0.05) is 19.0 Å². The summed E-state index contributed by atoms with van der Waals surface area (Å²) in [5.74, 6) is 0.764. The number of likely N-dealkylation sites (tertiary alicyclic amines) is 1. The van der Waals surface area contributed by atoms with Crippen molar-refractivity contribution in [3.05, 3.63) is 11.8 Å². The third-order valence-corrected chi connectivity index (χ3v) is 3.21. The molecule has 2 amide bonds. The van der Waals surface area contributed by atoms with Crippen molar-refractivity contribution in [2.45, 2.75) is 39.7 Å². The highest BCUT2D eigenvalue weighted by Gasteiger charge is 2.35. The fourth-order valence-electron chi connectivity index (χ4n) is 2.27. The molecule has 1 atom stereocenters. The number of amides is 2. The first kappa shape index (κ1) is 13.6. The van der Waals surface area contributed by atoms with Crippen molar-refractivity contribution in [3.63, 3.8) is 0 Å². The van der Waals surface area contributed by atoms with E-state index in [1.807, 2.05) is 13.8 Å². The molecule has 1 aromatic rings. The molecule has 1 aliphatic rings. The first-order chi connectivity index (χ1) is 8.99. The number of nitrogens with zero attached hydrogens (tertiary/aromatic N) is 2. The van der Waals surface area contributed by atoms with Crippen LogP contribution in [0.3, 0.4) is 0 Å². The van der Waals surface area contributed by atoms with Crippen LogP contribution < -0.4 is 5.32 Å². The molecule has 1 N–H and O–H groups in total. The van der Waals surface area contributed by atoms with Gasteiger partial charge >= 0.3 is 0 Å². The van der Waals surface area contributed by atoms with Crippen molar-refractivity contribution >= 4 is 17.6 Å². The molecular formula is C13H19N3O3. The molecule has 2 rings (SSSR count). The van der Waals surface area contributed by atoms with E-state index in [-0.39, 0.29) is 17.7 Å². The number of hydrogen-bond donors (Lipinski definition) is 1. The zero-order valence-electron chi connectivity index (χ0n) is 11.5. The summed E-state index contributed by atoms with van der Waals surface area (Å²) in [6.45, 7) is 6.09. The van der Waals surface area contributed by atoms with Gasteiger partial charge in [0.15, 0.2) is 5.82 Å². The third kappa shape index (κ3) is 2.94. The van der Waals surface area contributed by atoms with Crippen molar-refractivity contribution in [3.8, 4) is 0 Å². The highest BCUT2D eigenvalue weighted by Crippen LogP contribution is 2.21. The minimum atomic E-state index is -0.396. The summed E-state index contributed by atoms with van der Waals surface area (Å²) in [5.41, 5.74) is 0. The molecule has 0 aliphatic carbocycles. The Morgan fingerprint density at radius 3 is 2.84 bits per heavy atom. The van der Waals surface area contributed by atoms with Gasteiger partial charge in [0, 0.05) is 18.5 Å². The van der Waals surface area contributed by atoms with E-state index in [0.29, 0.717) is 24.5 Å². The van der Waals surface area contributed by atoms with Gasteiger partial charge in [0.2, 0.25) is 11.8 Å². The Kier molecular flexibility index (Phi) is 3.87. The summed E-state index contributed by atoms with van der Waals surface area (Å²) in [4.78, 5) is 25.9. The van der Waals surface area contributed by atoms with Crippen LogP contribution in [0.15, 0.2) is 10.6 Å². The molecule has 0 unspecified atom stereocenters. The maximum Gasteiger partial charge on any atom is 0.248 e. The molecular weight excluding hydrogens is 246 g/mol. The number of carbonyl (C=O) groups excluding carboxylic acids is 2. The lowest BCUT2D eigenvalue weighted by Crippen LogP contribution is -2.44. The van der Waals surface area contributed by atoms with E-state index in [9.17, 15) is 9.59 Å². The van der Waals surface area contributed by atoms with E-state index in [0.717, 1.165) is 6.42 Å². The fourth-order valence-corrected chi connectivity index (χ4v) is 2.27. The molecule has 0 aromatic carbocycles. The average Bonchev–Trinajstić information content (AvgIpc) is 2.96. The largest absolute Gasteiger partial charge is 0.360 e. The van der Waals surface area contributed by atoms with Gasteiger partial charge in [-0.15, -0.1) is 0 Å². The second-order valence-corrected chi connectivity index (χ2v) is 5.16. The van der Waals surface area contributed by atoms with Gasteiger partial charge in [-0.25, -0.2) is 0 Å². The Hall–Kier alpha value is -1.85. The van der Waals surface area contributed by atoms with Crippen LogP contribution >= 0.6 is 0 Å². The van der Waals surface area contributed by atoms with Crippen molar-refractivity contribution < 1.29 is 14.1 Å². The minimum Gasteiger partial charge on any atom is -0.360 e. The number of rotatable bonds is 3. The molecule has 104 valence electrons. The van der Waals surface area contributed by atoms with Crippen LogP contribution in [0.4, 0.5) is 5.82 Å². The number of nitrogens with one attached hydrogen (secondary N) is 1. The molecule has 6 heteroatoms. The first-order valence-electron chi connectivity index (χ1n) is 6.53. The van der Waals surface area contributed by atoms with Gasteiger partial charge in [0.1, 0.15) is 11.8 Å². The van der Waals surface area contributed by atoms with Crippen molar-refractivity contribution in [2.75, 3.05) is 11.9 Å². The van der Waals surface area contributed by atoms with Crippen molar-refractivity contribution in [1.82, 2.24) is 10.1 Å². The Labute approximate surface area is 112 Å². The minimum absolute atomic E-state index is 0.0222. The third-order valence-electron chi connectivity index (χ3n) is 3.21. The van der Waals surface area contributed by atoms with Gasteiger partial charge in [-0.3, -0.25) is 9.59 Å². The summed E-state index contributed by atoms with van der Waals surface area (Å²) in [7, 11) is 0. The lowest BCUT2D eigenvalue weighted by atomic mass is 10.1. The van der Waals surface area contributed by atoms with E-state index < -0.39 is 6.04 Å². The van der Waals surface area contributed by atoms with E-state index >= 15 is 0 Å². The van der Waals surface area contributed by atoms with E-state index in [1.54, 1.807) is 17.9 Å². The zero-order chi connectivity index (χ0) is 14.0. The molecule has 0 saturated carbocycles. The number of hydrogen-bond acceptors (Lipinski definition) is 4. The normalized spacial score (nSPS) is 18.9. The second kappa shape index (κ2) is 5.42. The molecule has 1 fully saturated rings. The zero-order valence-corrected chi connectivity index (χ0v) is 11.5. The number of carbonyl (C=O) groups is 2. The molecule has 19 heavy (non-hydrogen) atoms. The van der Waals surface area contributed by atoms with Crippen LogP contribution in [0, 0.1) is 12.8 Å². The Morgan fingerprint density at radius 2 is 2.26 bits per heavy atom. The quantitative estimate of drug-likeness (QED) is 0.900. The number of aromatic nitrogens is 1. The maximum atomic E-state index is 12.2. The average molecular weight is 265 g/mol. The summed E-state index contributed by atoms with van der Waals surface area (Å²) < 4.78 is 4.90. The Balaban J connectivity index is 2.03.